The molecule has 1 saturated heterocycles. The van der Waals surface area contributed by atoms with Crippen LogP contribution in [0.25, 0.3) is 33.4 Å². The SMILES string of the molecule is CN1CCN([C@H]2CC[C@H](n3nc(-c4ccc5nc(Cc6ccccc6)oc5c4)c4c(N)ncnc43)CC2)CC1. The monoisotopic (exact) mass is 522 g/mol. The quantitative estimate of drug-likeness (QED) is 0.359. The molecule has 7 rings (SSSR count). The fourth-order valence-corrected chi connectivity index (χ4v) is 6.27. The highest BCUT2D eigenvalue weighted by Crippen LogP contribution is 2.37. The topological polar surface area (TPSA) is 102 Å². The van der Waals surface area contributed by atoms with E-state index in [0.717, 1.165) is 59.3 Å². The molecule has 0 bridgehead atoms. The number of oxazole rings is 1. The van der Waals surface area contributed by atoms with Crippen molar-refractivity contribution in [3.8, 4) is 11.3 Å². The molecule has 39 heavy (non-hydrogen) atoms. The van der Waals surface area contributed by atoms with Crippen LogP contribution < -0.4 is 5.73 Å². The van der Waals surface area contributed by atoms with E-state index in [1.807, 2.05) is 36.4 Å². The average Bonchev–Trinajstić information content (AvgIpc) is 3.56. The summed E-state index contributed by atoms with van der Waals surface area (Å²) >= 11 is 0. The molecule has 200 valence electrons. The molecule has 4 heterocycles. The number of aromatic nitrogens is 5. The number of hydrogen-bond acceptors (Lipinski definition) is 8. The van der Waals surface area contributed by atoms with Gasteiger partial charge in [-0.2, -0.15) is 5.10 Å². The van der Waals surface area contributed by atoms with Gasteiger partial charge in [-0.15, -0.1) is 0 Å². The zero-order valence-corrected chi connectivity index (χ0v) is 22.3. The second-order valence-electron chi connectivity index (χ2n) is 11.0. The first-order chi connectivity index (χ1) is 19.1. The third-order valence-corrected chi connectivity index (χ3v) is 8.49. The molecular weight excluding hydrogens is 488 g/mol. The molecule has 2 fully saturated rings. The molecule has 0 spiro atoms. The third-order valence-electron chi connectivity index (χ3n) is 8.49. The fraction of sp³-hybridized carbons (Fsp3) is 0.400. The van der Waals surface area contributed by atoms with Crippen molar-refractivity contribution in [3.63, 3.8) is 0 Å². The number of hydrogen-bond donors (Lipinski definition) is 1. The summed E-state index contributed by atoms with van der Waals surface area (Å²) in [5, 5.41) is 5.93. The van der Waals surface area contributed by atoms with Crippen molar-refractivity contribution < 1.29 is 4.42 Å². The van der Waals surface area contributed by atoms with Gasteiger partial charge in [-0.25, -0.2) is 19.6 Å². The maximum Gasteiger partial charge on any atom is 0.199 e. The summed E-state index contributed by atoms with van der Waals surface area (Å²) in [6, 6.07) is 17.3. The van der Waals surface area contributed by atoms with Gasteiger partial charge in [0.15, 0.2) is 17.1 Å². The van der Waals surface area contributed by atoms with E-state index >= 15 is 0 Å². The minimum absolute atomic E-state index is 0.297. The predicted molar refractivity (Wildman–Crippen MR) is 152 cm³/mol. The van der Waals surface area contributed by atoms with Crippen LogP contribution in [0.1, 0.15) is 43.2 Å². The van der Waals surface area contributed by atoms with Gasteiger partial charge in [-0.1, -0.05) is 36.4 Å². The van der Waals surface area contributed by atoms with E-state index in [4.69, 9.17) is 20.2 Å². The van der Waals surface area contributed by atoms with Crippen molar-refractivity contribution in [1.29, 1.82) is 0 Å². The van der Waals surface area contributed by atoms with Crippen LogP contribution in [0, 0.1) is 0 Å². The minimum Gasteiger partial charge on any atom is -0.440 e. The van der Waals surface area contributed by atoms with Crippen molar-refractivity contribution in [3.05, 3.63) is 66.3 Å². The highest BCUT2D eigenvalue weighted by molar-refractivity contribution is 5.99. The first-order valence-corrected chi connectivity index (χ1v) is 14.0. The molecule has 0 atom stereocenters. The molecule has 2 N–H and O–H groups in total. The molecule has 9 nitrogen and oxygen atoms in total. The number of nitrogen functional groups attached to an aromatic ring is 1. The standard InChI is InChI=1S/C30H34N8O/c1-36-13-15-37(16-14-36)22-8-10-23(11-9-22)38-30-27(29(31)32-19-33-30)28(35-38)21-7-12-24-25(18-21)39-26(34-24)17-20-5-3-2-4-6-20/h2-7,12,18-19,22-23H,8-11,13-17H2,1H3,(H2,31,32,33)/t22-,23-. The zero-order chi connectivity index (χ0) is 26.3. The Balaban J connectivity index is 1.17. The smallest absolute Gasteiger partial charge is 0.199 e. The molecule has 1 saturated carbocycles. The highest BCUT2D eigenvalue weighted by atomic mass is 16.3. The van der Waals surface area contributed by atoms with Gasteiger partial charge in [0, 0.05) is 44.2 Å². The van der Waals surface area contributed by atoms with Crippen LogP contribution in [-0.2, 0) is 6.42 Å². The Morgan fingerprint density at radius 2 is 1.69 bits per heavy atom. The van der Waals surface area contributed by atoms with E-state index < -0.39 is 0 Å². The van der Waals surface area contributed by atoms with Gasteiger partial charge < -0.3 is 15.1 Å². The van der Waals surface area contributed by atoms with Crippen LogP contribution in [0.2, 0.25) is 0 Å². The van der Waals surface area contributed by atoms with E-state index in [1.54, 1.807) is 6.33 Å². The van der Waals surface area contributed by atoms with Crippen molar-refractivity contribution in [2.45, 2.75) is 44.2 Å². The van der Waals surface area contributed by atoms with E-state index in [1.165, 1.54) is 31.5 Å². The van der Waals surface area contributed by atoms with Gasteiger partial charge in [-0.3, -0.25) is 4.90 Å². The molecule has 5 aromatic rings. The minimum atomic E-state index is 0.297. The summed E-state index contributed by atoms with van der Waals surface area (Å²) < 4.78 is 8.27. The second kappa shape index (κ2) is 10.1. The largest absolute Gasteiger partial charge is 0.440 e. The number of rotatable bonds is 5. The molecule has 0 unspecified atom stereocenters. The Bertz CT molecular complexity index is 1590. The van der Waals surface area contributed by atoms with Crippen LogP contribution in [0.4, 0.5) is 5.82 Å². The lowest BCUT2D eigenvalue weighted by Gasteiger charge is -2.41. The molecular formula is C30H34N8O. The maximum atomic E-state index is 6.42. The molecule has 3 aromatic heterocycles. The third kappa shape index (κ3) is 4.66. The van der Waals surface area contributed by atoms with Crippen molar-refractivity contribution in [2.75, 3.05) is 39.0 Å². The van der Waals surface area contributed by atoms with E-state index in [0.29, 0.717) is 30.2 Å². The second-order valence-corrected chi connectivity index (χ2v) is 11.0. The zero-order valence-electron chi connectivity index (χ0n) is 22.3. The van der Waals surface area contributed by atoms with Crippen molar-refractivity contribution in [1.82, 2.24) is 34.5 Å². The Hall–Kier alpha value is -3.82. The van der Waals surface area contributed by atoms with Crippen LogP contribution in [0.3, 0.4) is 0 Å². The van der Waals surface area contributed by atoms with Gasteiger partial charge in [0.2, 0.25) is 0 Å². The van der Waals surface area contributed by atoms with Crippen LogP contribution in [0.5, 0.6) is 0 Å². The maximum absolute atomic E-state index is 6.42. The highest BCUT2D eigenvalue weighted by Gasteiger charge is 2.30. The Labute approximate surface area is 227 Å². The van der Waals surface area contributed by atoms with Crippen molar-refractivity contribution >= 4 is 28.0 Å². The fourth-order valence-electron chi connectivity index (χ4n) is 6.27. The summed E-state index contributed by atoms with van der Waals surface area (Å²) in [5.74, 6) is 1.15. The number of anilines is 1. The normalized spacial score (nSPS) is 21.2. The van der Waals surface area contributed by atoms with Gasteiger partial charge in [0.05, 0.1) is 11.4 Å². The summed E-state index contributed by atoms with van der Waals surface area (Å²) in [6.07, 6.45) is 6.73. The van der Waals surface area contributed by atoms with Crippen LogP contribution >= 0.6 is 0 Å². The molecule has 0 radical (unpaired) electrons. The lowest BCUT2D eigenvalue weighted by atomic mass is 9.90. The molecule has 1 aliphatic carbocycles. The lowest BCUT2D eigenvalue weighted by molar-refractivity contribution is 0.0815. The number of nitrogens with two attached hydrogens (primary N) is 1. The molecule has 2 aromatic carbocycles. The van der Waals surface area contributed by atoms with E-state index in [2.05, 4.69) is 43.6 Å². The van der Waals surface area contributed by atoms with Gasteiger partial charge in [-0.05, 0) is 50.4 Å². The number of piperazine rings is 1. The Kier molecular flexibility index (Phi) is 6.25. The molecule has 2 aliphatic rings. The summed E-state index contributed by atoms with van der Waals surface area (Å²) in [7, 11) is 2.21. The lowest BCUT2D eigenvalue weighted by Crippen LogP contribution is -2.49. The van der Waals surface area contributed by atoms with Crippen molar-refractivity contribution in [2.24, 2.45) is 0 Å². The molecule has 1 aliphatic heterocycles. The summed E-state index contributed by atoms with van der Waals surface area (Å²) in [4.78, 5) is 18.8. The van der Waals surface area contributed by atoms with E-state index in [9.17, 15) is 0 Å². The van der Waals surface area contributed by atoms with Crippen LogP contribution in [-0.4, -0.2) is 73.8 Å². The number of fused-ring (bicyclic) bond motifs is 2. The molecule has 9 heteroatoms. The average molecular weight is 523 g/mol. The summed E-state index contributed by atoms with van der Waals surface area (Å²) in [5.41, 5.74) is 11.7. The van der Waals surface area contributed by atoms with Gasteiger partial charge in [0.25, 0.3) is 0 Å². The predicted octanol–water partition coefficient (Wildman–Crippen LogP) is 4.54. The number of nitrogens with zero attached hydrogens (tertiary/aromatic N) is 7. The molecule has 0 amide bonds. The van der Waals surface area contributed by atoms with E-state index in [-0.39, 0.29) is 0 Å². The number of likely N-dealkylation sites (N-methyl/N-ethyl adjacent to an activating group) is 1. The Morgan fingerprint density at radius 3 is 2.49 bits per heavy atom. The Morgan fingerprint density at radius 1 is 0.923 bits per heavy atom. The first-order valence-electron chi connectivity index (χ1n) is 14.0. The summed E-state index contributed by atoms with van der Waals surface area (Å²) in [6.45, 7) is 4.66. The van der Waals surface area contributed by atoms with Gasteiger partial charge in [0.1, 0.15) is 23.4 Å². The first kappa shape index (κ1) is 24.2. The van der Waals surface area contributed by atoms with Crippen LogP contribution in [0.15, 0.2) is 59.3 Å². The number of benzene rings is 2. The van der Waals surface area contributed by atoms with Gasteiger partial charge >= 0.3 is 0 Å².